The van der Waals surface area contributed by atoms with Gasteiger partial charge in [0, 0.05) is 15.6 Å². The van der Waals surface area contributed by atoms with E-state index >= 15 is 0 Å². The first kappa shape index (κ1) is 11.4. The Morgan fingerprint density at radius 3 is 2.42 bits per heavy atom. The van der Waals surface area contributed by atoms with Gasteiger partial charge in [0.15, 0.2) is 18.8 Å². The second-order valence-corrected chi connectivity index (χ2v) is 6.06. The molecule has 4 rings (SSSR count). The van der Waals surface area contributed by atoms with Gasteiger partial charge in [-0.05, 0) is 12.1 Å². The van der Waals surface area contributed by atoms with E-state index in [9.17, 15) is 0 Å². The van der Waals surface area contributed by atoms with Crippen LogP contribution in [-0.4, -0.2) is 18.4 Å². The molecule has 1 unspecified atom stereocenters. The number of hydrogen-bond acceptors (Lipinski definition) is 1. The van der Waals surface area contributed by atoms with E-state index in [2.05, 4.69) is 70.5 Å². The van der Waals surface area contributed by atoms with Gasteiger partial charge in [-0.2, -0.15) is 0 Å². The molecule has 2 nitrogen and oxygen atoms in total. The van der Waals surface area contributed by atoms with E-state index in [1.807, 2.05) is 0 Å². The molecule has 3 atom stereocenters. The summed E-state index contributed by atoms with van der Waals surface area (Å²) in [7, 11) is 0. The SMILES string of the molecule is Brc1ccc([C@H]2[C@H]3C(c4ccccc4)=NC[NH+]32)cc1. The van der Waals surface area contributed by atoms with Gasteiger partial charge in [0.05, 0.1) is 0 Å². The quantitative estimate of drug-likeness (QED) is 0.819. The van der Waals surface area contributed by atoms with Crippen molar-refractivity contribution in [2.24, 2.45) is 4.99 Å². The maximum Gasteiger partial charge on any atom is 0.190 e. The first-order valence-corrected chi connectivity index (χ1v) is 7.35. The largest absolute Gasteiger partial charge is 0.292 e. The molecule has 1 saturated heterocycles. The molecule has 0 saturated carbocycles. The molecular weight excluding hydrogens is 300 g/mol. The number of halogens is 1. The summed E-state index contributed by atoms with van der Waals surface area (Å²) in [5, 5.41) is 0. The highest BCUT2D eigenvalue weighted by Gasteiger charge is 2.61. The summed E-state index contributed by atoms with van der Waals surface area (Å²) in [5.74, 6) is 0. The van der Waals surface area contributed by atoms with Crippen molar-refractivity contribution in [3.05, 3.63) is 70.2 Å². The van der Waals surface area contributed by atoms with Crippen LogP contribution in [0.5, 0.6) is 0 Å². The molecule has 0 amide bonds. The molecule has 2 aliphatic rings. The second kappa shape index (κ2) is 4.29. The minimum atomic E-state index is 0.559. The first-order valence-electron chi connectivity index (χ1n) is 6.55. The number of hydrogen-bond donors (Lipinski definition) is 1. The van der Waals surface area contributed by atoms with Crippen LogP contribution < -0.4 is 4.90 Å². The molecule has 2 aromatic rings. The van der Waals surface area contributed by atoms with Crippen LogP contribution in [0.1, 0.15) is 17.2 Å². The van der Waals surface area contributed by atoms with Crippen molar-refractivity contribution in [2.75, 3.05) is 6.67 Å². The third-order valence-corrected chi connectivity index (χ3v) is 4.58. The molecule has 0 aliphatic carbocycles. The summed E-state index contributed by atoms with van der Waals surface area (Å²) >= 11 is 3.49. The van der Waals surface area contributed by atoms with Crippen molar-refractivity contribution < 1.29 is 4.90 Å². The van der Waals surface area contributed by atoms with Gasteiger partial charge in [0.2, 0.25) is 0 Å². The molecule has 0 aromatic heterocycles. The summed E-state index contributed by atoms with van der Waals surface area (Å²) in [6, 6.07) is 20.4. The number of nitrogens with one attached hydrogen (secondary N) is 1. The molecule has 0 radical (unpaired) electrons. The Labute approximate surface area is 120 Å². The van der Waals surface area contributed by atoms with E-state index in [0.717, 1.165) is 11.1 Å². The molecule has 2 aliphatic heterocycles. The number of fused-ring (bicyclic) bond motifs is 1. The number of rotatable bonds is 2. The van der Waals surface area contributed by atoms with Crippen molar-refractivity contribution in [2.45, 2.75) is 12.1 Å². The Kier molecular flexibility index (Phi) is 2.57. The van der Waals surface area contributed by atoms with E-state index < -0.39 is 0 Å². The molecule has 1 N–H and O–H groups in total. The fourth-order valence-corrected chi connectivity index (χ4v) is 3.34. The van der Waals surface area contributed by atoms with Crippen molar-refractivity contribution in [3.8, 4) is 0 Å². The molecule has 2 heterocycles. The van der Waals surface area contributed by atoms with Gasteiger partial charge < -0.3 is 0 Å². The van der Waals surface area contributed by atoms with Crippen LogP contribution in [0.2, 0.25) is 0 Å². The maximum atomic E-state index is 4.70. The van der Waals surface area contributed by atoms with Crippen molar-refractivity contribution in [1.82, 2.24) is 0 Å². The summed E-state index contributed by atoms with van der Waals surface area (Å²) < 4.78 is 1.14. The molecule has 94 valence electrons. The monoisotopic (exact) mass is 313 g/mol. The van der Waals surface area contributed by atoms with Crippen LogP contribution in [0.3, 0.4) is 0 Å². The van der Waals surface area contributed by atoms with Gasteiger partial charge in [-0.25, -0.2) is 4.99 Å². The van der Waals surface area contributed by atoms with Crippen LogP contribution in [-0.2, 0) is 0 Å². The van der Waals surface area contributed by atoms with E-state index in [-0.39, 0.29) is 0 Å². The zero-order valence-corrected chi connectivity index (χ0v) is 12.0. The summed E-state index contributed by atoms with van der Waals surface area (Å²) in [6.07, 6.45) is 0. The minimum absolute atomic E-state index is 0.559. The Morgan fingerprint density at radius 1 is 0.947 bits per heavy atom. The lowest BCUT2D eigenvalue weighted by atomic mass is 10.0. The standard InChI is InChI=1S/C16H13BrN2/c17-13-8-6-12(7-9-13)15-16-14(18-10-19(15)16)11-4-2-1-3-5-11/h1-9,15-16H,10H2/p+1/t15-,16+,19?/m0/s1. The van der Waals surface area contributed by atoms with Crippen molar-refractivity contribution in [1.29, 1.82) is 0 Å². The van der Waals surface area contributed by atoms with Gasteiger partial charge in [-0.1, -0.05) is 58.4 Å². The molecule has 3 heteroatoms. The first-order chi connectivity index (χ1) is 9.34. The Bertz CT molecular complexity index is 634. The van der Waals surface area contributed by atoms with E-state index in [1.54, 1.807) is 4.90 Å². The number of aliphatic imine (C=N–C) groups is 1. The number of benzene rings is 2. The molecule has 0 spiro atoms. The molecule has 19 heavy (non-hydrogen) atoms. The Morgan fingerprint density at radius 2 is 1.68 bits per heavy atom. The lowest BCUT2D eigenvalue weighted by Crippen LogP contribution is -2.93. The van der Waals surface area contributed by atoms with Crippen LogP contribution in [0, 0.1) is 0 Å². The molecule has 0 bridgehead atoms. The fraction of sp³-hybridized carbons (Fsp3) is 0.188. The average molecular weight is 314 g/mol. The Hall–Kier alpha value is -1.45. The van der Waals surface area contributed by atoms with Crippen LogP contribution in [0.25, 0.3) is 0 Å². The smallest absolute Gasteiger partial charge is 0.190 e. The highest BCUT2D eigenvalue weighted by Crippen LogP contribution is 2.29. The highest BCUT2D eigenvalue weighted by atomic mass is 79.9. The molecule has 1 fully saturated rings. The second-order valence-electron chi connectivity index (χ2n) is 5.15. The zero-order chi connectivity index (χ0) is 12.8. The van der Waals surface area contributed by atoms with E-state index in [1.165, 1.54) is 16.8 Å². The summed E-state index contributed by atoms with van der Waals surface area (Å²) in [4.78, 5) is 6.28. The number of quaternary nitrogens is 1. The molecular formula is C16H14BrN2+. The third kappa shape index (κ3) is 1.85. The normalized spacial score (nSPS) is 27.8. The average Bonchev–Trinajstić information content (AvgIpc) is 3.00. The van der Waals surface area contributed by atoms with Gasteiger partial charge in [-0.15, -0.1) is 0 Å². The van der Waals surface area contributed by atoms with Crippen LogP contribution in [0.15, 0.2) is 64.1 Å². The van der Waals surface area contributed by atoms with Gasteiger partial charge in [0.1, 0.15) is 5.71 Å². The molecule has 2 aromatic carbocycles. The summed E-state index contributed by atoms with van der Waals surface area (Å²) in [6.45, 7) is 0.912. The van der Waals surface area contributed by atoms with Crippen molar-refractivity contribution in [3.63, 3.8) is 0 Å². The lowest BCUT2D eigenvalue weighted by molar-refractivity contribution is -0.780. The topological polar surface area (TPSA) is 16.8 Å². The van der Waals surface area contributed by atoms with Gasteiger partial charge in [0.25, 0.3) is 0 Å². The van der Waals surface area contributed by atoms with E-state index in [0.29, 0.717) is 12.1 Å². The number of nitrogens with zero attached hydrogens (tertiary/aromatic N) is 1. The van der Waals surface area contributed by atoms with Gasteiger partial charge >= 0.3 is 0 Å². The summed E-state index contributed by atoms with van der Waals surface area (Å²) in [5.41, 5.74) is 3.98. The maximum absolute atomic E-state index is 4.70. The third-order valence-electron chi connectivity index (χ3n) is 4.05. The van der Waals surface area contributed by atoms with Crippen LogP contribution >= 0.6 is 15.9 Å². The predicted molar refractivity (Wildman–Crippen MR) is 79.5 cm³/mol. The Balaban J connectivity index is 1.62. The van der Waals surface area contributed by atoms with Crippen molar-refractivity contribution >= 4 is 21.6 Å². The van der Waals surface area contributed by atoms with Gasteiger partial charge in [-0.3, -0.25) is 4.90 Å². The minimum Gasteiger partial charge on any atom is -0.292 e. The predicted octanol–water partition coefficient (Wildman–Crippen LogP) is 2.22. The zero-order valence-electron chi connectivity index (χ0n) is 10.4. The highest BCUT2D eigenvalue weighted by molar-refractivity contribution is 9.10. The fourth-order valence-electron chi connectivity index (χ4n) is 3.08. The van der Waals surface area contributed by atoms with Crippen LogP contribution in [0.4, 0.5) is 0 Å². The van der Waals surface area contributed by atoms with E-state index in [4.69, 9.17) is 4.99 Å². The lowest BCUT2D eigenvalue weighted by Gasteiger charge is -2.00.